The first-order valence-corrected chi connectivity index (χ1v) is 6.60. The van der Waals surface area contributed by atoms with E-state index in [1.54, 1.807) is 18.7 Å². The summed E-state index contributed by atoms with van der Waals surface area (Å²) in [6.45, 7) is 2.99. The van der Waals surface area contributed by atoms with Crippen LogP contribution >= 0.6 is 11.8 Å². The third kappa shape index (κ3) is 2.15. The monoisotopic (exact) mass is 236 g/mol. The molecule has 1 aromatic rings. The van der Waals surface area contributed by atoms with E-state index in [4.69, 9.17) is 4.74 Å². The fourth-order valence-electron chi connectivity index (χ4n) is 2.14. The summed E-state index contributed by atoms with van der Waals surface area (Å²) >= 11 is 1.73. The summed E-state index contributed by atoms with van der Waals surface area (Å²) < 4.78 is 5.29. The molecule has 0 saturated carbocycles. The predicted molar refractivity (Wildman–Crippen MR) is 66.0 cm³/mol. The molecule has 0 radical (unpaired) electrons. The number of rotatable bonds is 4. The number of carbonyl (C=O) groups excluding carboxylic acids is 1. The number of hydrogen-bond acceptors (Lipinski definition) is 3. The fourth-order valence-corrected chi connectivity index (χ4v) is 2.55. The molecule has 86 valence electrons. The Morgan fingerprint density at radius 2 is 2.00 bits per heavy atom. The molecule has 0 atom stereocenters. The molecular formula is C13H16O2S. The van der Waals surface area contributed by atoms with Gasteiger partial charge in [-0.05, 0) is 30.9 Å². The fraction of sp³-hybridized carbons (Fsp3) is 0.462. The van der Waals surface area contributed by atoms with Gasteiger partial charge in [0.15, 0.2) is 0 Å². The first-order valence-electron chi connectivity index (χ1n) is 5.38. The van der Waals surface area contributed by atoms with Crippen LogP contribution in [0.15, 0.2) is 29.2 Å². The van der Waals surface area contributed by atoms with Crippen LogP contribution in [0.25, 0.3) is 0 Å². The van der Waals surface area contributed by atoms with Crippen molar-refractivity contribution in [1.29, 1.82) is 0 Å². The Labute approximate surface area is 100 Å². The van der Waals surface area contributed by atoms with E-state index in [2.05, 4.69) is 30.5 Å². The highest BCUT2D eigenvalue weighted by Crippen LogP contribution is 2.36. The van der Waals surface area contributed by atoms with Crippen molar-refractivity contribution in [1.82, 2.24) is 0 Å². The molecule has 1 aliphatic heterocycles. The summed E-state index contributed by atoms with van der Waals surface area (Å²) in [5.41, 5.74) is 1.18. The Hall–Kier alpha value is -0.800. The van der Waals surface area contributed by atoms with Crippen LogP contribution in [0.2, 0.25) is 0 Å². The first kappa shape index (κ1) is 11.7. The maximum atomic E-state index is 11.3. The molecule has 0 aliphatic carbocycles. The van der Waals surface area contributed by atoms with Gasteiger partial charge in [0.1, 0.15) is 5.78 Å². The zero-order valence-corrected chi connectivity index (χ0v) is 10.5. The van der Waals surface area contributed by atoms with Crippen LogP contribution in [-0.2, 0) is 14.9 Å². The molecule has 1 heterocycles. The van der Waals surface area contributed by atoms with E-state index in [1.165, 1.54) is 10.5 Å². The quantitative estimate of drug-likeness (QED) is 0.752. The Morgan fingerprint density at radius 3 is 2.38 bits per heavy atom. The molecule has 16 heavy (non-hydrogen) atoms. The van der Waals surface area contributed by atoms with Crippen LogP contribution < -0.4 is 0 Å². The first-order chi connectivity index (χ1) is 7.66. The lowest BCUT2D eigenvalue weighted by atomic mass is 9.75. The second-order valence-electron chi connectivity index (χ2n) is 4.38. The van der Waals surface area contributed by atoms with Crippen LogP contribution in [0, 0.1) is 0 Å². The van der Waals surface area contributed by atoms with Gasteiger partial charge in [0, 0.05) is 16.7 Å². The summed E-state index contributed by atoms with van der Waals surface area (Å²) in [5.74, 6) is 0.234. The highest BCUT2D eigenvalue weighted by molar-refractivity contribution is 7.98. The van der Waals surface area contributed by atoms with E-state index >= 15 is 0 Å². The van der Waals surface area contributed by atoms with Crippen LogP contribution in [0.1, 0.15) is 18.9 Å². The molecule has 3 heteroatoms. The number of thioether (sulfide) groups is 1. The van der Waals surface area contributed by atoms with Crippen LogP contribution in [-0.4, -0.2) is 25.3 Å². The molecular weight excluding hydrogens is 220 g/mol. The van der Waals surface area contributed by atoms with Gasteiger partial charge in [0.05, 0.1) is 13.2 Å². The van der Waals surface area contributed by atoms with Crippen molar-refractivity contribution in [3.8, 4) is 0 Å². The topological polar surface area (TPSA) is 26.3 Å². The minimum atomic E-state index is -0.0528. The van der Waals surface area contributed by atoms with Gasteiger partial charge in [0.2, 0.25) is 0 Å². The minimum absolute atomic E-state index is 0.0528. The summed E-state index contributed by atoms with van der Waals surface area (Å²) in [7, 11) is 0. The standard InChI is InChI=1S/C13H16O2S/c1-10(14)7-13(8-15-9-13)11-3-5-12(16-2)6-4-11/h3-6H,7-9H2,1-2H3. The van der Waals surface area contributed by atoms with Crippen molar-refractivity contribution in [2.75, 3.05) is 19.5 Å². The second kappa shape index (κ2) is 4.60. The largest absolute Gasteiger partial charge is 0.379 e. The van der Waals surface area contributed by atoms with E-state index in [0.29, 0.717) is 19.6 Å². The van der Waals surface area contributed by atoms with E-state index < -0.39 is 0 Å². The average Bonchev–Trinajstić information content (AvgIpc) is 2.23. The predicted octanol–water partition coefficient (Wildman–Crippen LogP) is 2.66. The minimum Gasteiger partial charge on any atom is -0.379 e. The normalized spacial score (nSPS) is 17.9. The third-order valence-corrected chi connectivity index (χ3v) is 3.79. The van der Waals surface area contributed by atoms with Crippen molar-refractivity contribution in [2.24, 2.45) is 0 Å². The van der Waals surface area contributed by atoms with E-state index in [1.807, 2.05) is 0 Å². The molecule has 0 N–H and O–H groups in total. The Bertz CT molecular complexity index is 379. The van der Waals surface area contributed by atoms with Gasteiger partial charge in [-0.3, -0.25) is 4.79 Å². The Balaban J connectivity index is 2.22. The number of hydrogen-bond donors (Lipinski definition) is 0. The van der Waals surface area contributed by atoms with E-state index in [9.17, 15) is 4.79 Å². The molecule has 0 unspecified atom stereocenters. The number of carbonyl (C=O) groups is 1. The maximum absolute atomic E-state index is 11.3. The molecule has 0 amide bonds. The second-order valence-corrected chi connectivity index (χ2v) is 5.26. The Morgan fingerprint density at radius 1 is 1.38 bits per heavy atom. The number of ketones is 1. The van der Waals surface area contributed by atoms with Gasteiger partial charge >= 0.3 is 0 Å². The SMILES string of the molecule is CSc1ccc(C2(CC(C)=O)COC2)cc1. The van der Waals surface area contributed by atoms with Crippen molar-refractivity contribution >= 4 is 17.5 Å². The molecule has 0 spiro atoms. The summed E-state index contributed by atoms with van der Waals surface area (Å²) in [5, 5.41) is 0. The van der Waals surface area contributed by atoms with Crippen molar-refractivity contribution in [2.45, 2.75) is 23.7 Å². The van der Waals surface area contributed by atoms with Gasteiger partial charge in [-0.25, -0.2) is 0 Å². The Kier molecular flexibility index (Phi) is 3.36. The molecule has 2 nitrogen and oxygen atoms in total. The van der Waals surface area contributed by atoms with Crippen LogP contribution in [0.5, 0.6) is 0 Å². The zero-order chi connectivity index (χ0) is 11.6. The van der Waals surface area contributed by atoms with Crippen LogP contribution in [0.4, 0.5) is 0 Å². The van der Waals surface area contributed by atoms with E-state index in [-0.39, 0.29) is 11.2 Å². The lowest BCUT2D eigenvalue weighted by Gasteiger charge is -2.41. The molecule has 1 fully saturated rings. The summed E-state index contributed by atoms with van der Waals surface area (Å²) in [4.78, 5) is 12.5. The van der Waals surface area contributed by atoms with E-state index in [0.717, 1.165) is 0 Å². The van der Waals surface area contributed by atoms with Gasteiger partial charge in [-0.15, -0.1) is 11.8 Å². The number of ether oxygens (including phenoxy) is 1. The molecule has 0 bridgehead atoms. The zero-order valence-electron chi connectivity index (χ0n) is 9.66. The number of benzene rings is 1. The maximum Gasteiger partial charge on any atom is 0.130 e. The summed E-state index contributed by atoms with van der Waals surface area (Å²) in [6.07, 6.45) is 2.65. The van der Waals surface area contributed by atoms with Crippen LogP contribution in [0.3, 0.4) is 0 Å². The van der Waals surface area contributed by atoms with Crippen molar-refractivity contribution in [3.05, 3.63) is 29.8 Å². The highest BCUT2D eigenvalue weighted by Gasteiger charge is 2.41. The smallest absolute Gasteiger partial charge is 0.130 e. The summed E-state index contributed by atoms with van der Waals surface area (Å²) in [6, 6.07) is 8.47. The molecule has 1 saturated heterocycles. The van der Waals surface area contributed by atoms with Gasteiger partial charge in [0.25, 0.3) is 0 Å². The third-order valence-electron chi connectivity index (χ3n) is 3.05. The number of Topliss-reactive ketones (excluding diaryl/α,β-unsaturated/α-hetero) is 1. The molecule has 0 aromatic heterocycles. The average molecular weight is 236 g/mol. The van der Waals surface area contributed by atoms with Crippen molar-refractivity contribution in [3.63, 3.8) is 0 Å². The van der Waals surface area contributed by atoms with Gasteiger partial charge in [-0.1, -0.05) is 12.1 Å². The molecule has 1 aliphatic rings. The molecule has 2 rings (SSSR count). The van der Waals surface area contributed by atoms with Gasteiger partial charge < -0.3 is 4.74 Å². The lowest BCUT2D eigenvalue weighted by Crippen LogP contribution is -2.47. The lowest BCUT2D eigenvalue weighted by molar-refractivity contribution is -0.125. The highest BCUT2D eigenvalue weighted by atomic mass is 32.2. The molecule has 1 aromatic carbocycles. The van der Waals surface area contributed by atoms with Crippen molar-refractivity contribution < 1.29 is 9.53 Å². The van der Waals surface area contributed by atoms with Gasteiger partial charge in [-0.2, -0.15) is 0 Å².